The number of sulfone groups is 1. The maximum atomic E-state index is 12.1. The number of nitrogen functional groups attached to an aromatic ring is 1. The molecule has 106 valence electrons. The molecule has 0 atom stereocenters. The van der Waals surface area contributed by atoms with Crippen LogP contribution in [0.2, 0.25) is 0 Å². The summed E-state index contributed by atoms with van der Waals surface area (Å²) in [7, 11) is -3.07. The number of carbonyl (C=O) groups is 1. The summed E-state index contributed by atoms with van der Waals surface area (Å²) in [4.78, 5) is 12.1. The highest BCUT2D eigenvalue weighted by molar-refractivity contribution is 7.90. The molecule has 0 fully saturated rings. The highest BCUT2D eigenvalue weighted by Gasteiger charge is 2.29. The van der Waals surface area contributed by atoms with Crippen LogP contribution in [0.3, 0.4) is 0 Å². The number of hydrogen-bond acceptors (Lipinski definition) is 4. The number of nitrogens with two attached hydrogens (primary N) is 1. The van der Waals surface area contributed by atoms with E-state index in [0.717, 1.165) is 11.8 Å². The summed E-state index contributed by atoms with van der Waals surface area (Å²) in [5, 5.41) is 2.64. The van der Waals surface area contributed by atoms with Crippen molar-refractivity contribution >= 4 is 21.4 Å². The lowest BCUT2D eigenvalue weighted by molar-refractivity contribution is -0.125. The first kappa shape index (κ1) is 15.5. The Hall–Kier alpha value is -1.56. The van der Waals surface area contributed by atoms with Gasteiger partial charge in [0.15, 0.2) is 0 Å². The van der Waals surface area contributed by atoms with Gasteiger partial charge in [-0.1, -0.05) is 12.1 Å². The molecule has 1 amide bonds. The van der Waals surface area contributed by atoms with Crippen LogP contribution in [0.1, 0.15) is 19.4 Å². The predicted molar refractivity (Wildman–Crippen MR) is 76.6 cm³/mol. The van der Waals surface area contributed by atoms with Crippen LogP contribution < -0.4 is 11.1 Å². The molecule has 0 aromatic heterocycles. The van der Waals surface area contributed by atoms with Crippen molar-refractivity contribution in [3.05, 3.63) is 29.8 Å². The number of anilines is 1. The summed E-state index contributed by atoms with van der Waals surface area (Å²) < 4.78 is 22.0. The lowest BCUT2D eigenvalue weighted by atomic mass is 9.83. The van der Waals surface area contributed by atoms with Crippen molar-refractivity contribution in [3.8, 4) is 0 Å². The molecule has 0 bridgehead atoms. The van der Waals surface area contributed by atoms with Gasteiger partial charge in [-0.05, 0) is 31.5 Å². The van der Waals surface area contributed by atoms with Crippen LogP contribution in [0.5, 0.6) is 0 Å². The van der Waals surface area contributed by atoms with E-state index in [2.05, 4.69) is 5.32 Å². The van der Waals surface area contributed by atoms with E-state index in [1.54, 1.807) is 38.1 Å². The molecule has 0 spiro atoms. The molecular formula is C13H20N2O3S. The molecule has 5 nitrogen and oxygen atoms in total. The molecule has 0 aliphatic heterocycles. The third-order valence-electron chi connectivity index (χ3n) is 2.96. The van der Waals surface area contributed by atoms with Gasteiger partial charge < -0.3 is 11.1 Å². The Kier molecular flexibility index (Phi) is 4.57. The van der Waals surface area contributed by atoms with E-state index in [9.17, 15) is 13.2 Å². The molecule has 1 aromatic carbocycles. The van der Waals surface area contributed by atoms with Gasteiger partial charge in [-0.2, -0.15) is 0 Å². The van der Waals surface area contributed by atoms with Gasteiger partial charge in [-0.25, -0.2) is 8.42 Å². The summed E-state index contributed by atoms with van der Waals surface area (Å²) in [5.41, 5.74) is 6.34. The molecule has 19 heavy (non-hydrogen) atoms. The van der Waals surface area contributed by atoms with E-state index < -0.39 is 15.3 Å². The second kappa shape index (κ2) is 5.61. The van der Waals surface area contributed by atoms with Crippen LogP contribution >= 0.6 is 0 Å². The molecule has 0 radical (unpaired) electrons. The van der Waals surface area contributed by atoms with Crippen LogP contribution in [0.4, 0.5) is 5.69 Å². The van der Waals surface area contributed by atoms with E-state index >= 15 is 0 Å². The maximum Gasteiger partial charge on any atom is 0.230 e. The Bertz CT molecular complexity index is 548. The molecular weight excluding hydrogens is 264 g/mol. The molecule has 6 heteroatoms. The van der Waals surface area contributed by atoms with Gasteiger partial charge in [0.2, 0.25) is 5.91 Å². The highest BCUT2D eigenvalue weighted by atomic mass is 32.2. The SMILES string of the molecule is CC(C)(C(=O)NCCS(C)(=O)=O)c1ccc(N)cc1. The number of carbonyl (C=O) groups excluding carboxylic acids is 1. The Labute approximate surface area is 114 Å². The average Bonchev–Trinajstić information content (AvgIpc) is 2.27. The van der Waals surface area contributed by atoms with Gasteiger partial charge in [-0.15, -0.1) is 0 Å². The molecule has 0 aliphatic rings. The molecule has 3 N–H and O–H groups in total. The first-order chi connectivity index (χ1) is 8.63. The Morgan fingerprint density at radius 3 is 2.26 bits per heavy atom. The van der Waals surface area contributed by atoms with E-state index in [4.69, 9.17) is 5.73 Å². The van der Waals surface area contributed by atoms with Crippen molar-refractivity contribution in [3.63, 3.8) is 0 Å². The number of hydrogen-bond donors (Lipinski definition) is 2. The van der Waals surface area contributed by atoms with E-state index in [-0.39, 0.29) is 18.2 Å². The second-order valence-electron chi connectivity index (χ2n) is 5.13. The average molecular weight is 284 g/mol. The fraction of sp³-hybridized carbons (Fsp3) is 0.462. The molecule has 0 unspecified atom stereocenters. The number of benzene rings is 1. The first-order valence-electron chi connectivity index (χ1n) is 5.95. The van der Waals surface area contributed by atoms with Gasteiger partial charge in [0, 0.05) is 18.5 Å². The zero-order valence-corrected chi connectivity index (χ0v) is 12.3. The number of nitrogens with one attached hydrogen (secondary N) is 1. The summed E-state index contributed by atoms with van der Waals surface area (Å²) in [6, 6.07) is 7.07. The molecule has 0 aliphatic carbocycles. The van der Waals surface area contributed by atoms with Crippen molar-refractivity contribution in [1.29, 1.82) is 0 Å². The predicted octanol–water partition coefficient (Wildman–Crippen LogP) is 0.707. The van der Waals surface area contributed by atoms with Gasteiger partial charge in [-0.3, -0.25) is 4.79 Å². The minimum absolute atomic E-state index is 0.0590. The molecule has 0 heterocycles. The standard InChI is InChI=1S/C13H20N2O3S/c1-13(2,10-4-6-11(14)7-5-10)12(16)15-8-9-19(3,17)18/h4-7H,8-9,14H2,1-3H3,(H,15,16). The quantitative estimate of drug-likeness (QED) is 0.779. The Morgan fingerprint density at radius 1 is 1.26 bits per heavy atom. The van der Waals surface area contributed by atoms with Crippen LogP contribution in [-0.4, -0.2) is 32.9 Å². The van der Waals surface area contributed by atoms with Crippen molar-refractivity contribution in [2.75, 3.05) is 24.3 Å². The van der Waals surface area contributed by atoms with Crippen LogP contribution in [0, 0.1) is 0 Å². The number of amides is 1. The van der Waals surface area contributed by atoms with Crippen LogP contribution in [-0.2, 0) is 20.0 Å². The van der Waals surface area contributed by atoms with Crippen LogP contribution in [0.15, 0.2) is 24.3 Å². The molecule has 0 saturated carbocycles. The normalized spacial score (nSPS) is 12.2. The smallest absolute Gasteiger partial charge is 0.230 e. The Morgan fingerprint density at radius 2 is 1.79 bits per heavy atom. The van der Waals surface area contributed by atoms with Gasteiger partial charge in [0.05, 0.1) is 11.2 Å². The Balaban J connectivity index is 2.71. The highest BCUT2D eigenvalue weighted by Crippen LogP contribution is 2.24. The van der Waals surface area contributed by atoms with Crippen molar-refractivity contribution in [2.24, 2.45) is 0 Å². The zero-order valence-electron chi connectivity index (χ0n) is 11.4. The van der Waals surface area contributed by atoms with Gasteiger partial charge in [0.25, 0.3) is 0 Å². The van der Waals surface area contributed by atoms with Crippen molar-refractivity contribution in [1.82, 2.24) is 5.32 Å². The van der Waals surface area contributed by atoms with Crippen molar-refractivity contribution < 1.29 is 13.2 Å². The minimum atomic E-state index is -3.07. The molecule has 0 saturated heterocycles. The summed E-state index contributed by atoms with van der Waals surface area (Å²) >= 11 is 0. The fourth-order valence-electron chi connectivity index (χ4n) is 1.60. The lowest BCUT2D eigenvalue weighted by Gasteiger charge is -2.24. The summed E-state index contributed by atoms with van der Waals surface area (Å²) in [5.74, 6) is -0.266. The number of rotatable bonds is 5. The third kappa shape index (κ3) is 4.55. The van der Waals surface area contributed by atoms with Gasteiger partial charge >= 0.3 is 0 Å². The third-order valence-corrected chi connectivity index (χ3v) is 3.90. The summed E-state index contributed by atoms with van der Waals surface area (Å²) in [6.07, 6.45) is 1.14. The summed E-state index contributed by atoms with van der Waals surface area (Å²) in [6.45, 7) is 3.69. The first-order valence-corrected chi connectivity index (χ1v) is 8.01. The van der Waals surface area contributed by atoms with E-state index in [1.807, 2.05) is 0 Å². The lowest BCUT2D eigenvalue weighted by Crippen LogP contribution is -2.41. The topological polar surface area (TPSA) is 89.3 Å². The van der Waals surface area contributed by atoms with E-state index in [1.165, 1.54) is 0 Å². The van der Waals surface area contributed by atoms with Crippen molar-refractivity contribution in [2.45, 2.75) is 19.3 Å². The molecule has 1 aromatic rings. The monoisotopic (exact) mass is 284 g/mol. The largest absolute Gasteiger partial charge is 0.399 e. The van der Waals surface area contributed by atoms with Gasteiger partial charge in [0.1, 0.15) is 9.84 Å². The second-order valence-corrected chi connectivity index (χ2v) is 7.39. The maximum absolute atomic E-state index is 12.1. The van der Waals surface area contributed by atoms with E-state index in [0.29, 0.717) is 5.69 Å². The molecule has 1 rings (SSSR count). The minimum Gasteiger partial charge on any atom is -0.399 e. The zero-order chi connectivity index (χ0) is 14.7. The fourth-order valence-corrected chi connectivity index (χ4v) is 2.07. The van der Waals surface area contributed by atoms with Crippen LogP contribution in [0.25, 0.3) is 0 Å².